The van der Waals surface area contributed by atoms with Crippen LogP contribution in [0.5, 0.6) is 0 Å². The topological polar surface area (TPSA) is 62.5 Å². The van der Waals surface area contributed by atoms with Gasteiger partial charge in [-0.25, -0.2) is 4.98 Å². The molecule has 0 spiro atoms. The highest BCUT2D eigenvalue weighted by Gasteiger charge is 2.07. The zero-order chi connectivity index (χ0) is 17.7. The van der Waals surface area contributed by atoms with Crippen LogP contribution in [0.2, 0.25) is 0 Å². The summed E-state index contributed by atoms with van der Waals surface area (Å²) in [5.74, 6) is 2.30. The Morgan fingerprint density at radius 2 is 1.72 bits per heavy atom. The van der Waals surface area contributed by atoms with Crippen LogP contribution in [-0.2, 0) is 13.0 Å². The van der Waals surface area contributed by atoms with E-state index in [-0.39, 0.29) is 24.0 Å². The summed E-state index contributed by atoms with van der Waals surface area (Å²) < 4.78 is 5.57. The molecule has 0 radical (unpaired) electrons. The van der Waals surface area contributed by atoms with Crippen molar-refractivity contribution >= 4 is 29.9 Å². The normalized spacial score (nSPS) is 11.2. The first-order chi connectivity index (χ1) is 11.4. The molecule has 0 unspecified atom stereocenters. The van der Waals surface area contributed by atoms with Crippen molar-refractivity contribution in [1.82, 2.24) is 15.6 Å². The third-order valence-corrected chi connectivity index (χ3v) is 4.21. The van der Waals surface area contributed by atoms with E-state index in [0.29, 0.717) is 12.4 Å². The van der Waals surface area contributed by atoms with Gasteiger partial charge in [-0.15, -0.1) is 24.0 Å². The third kappa shape index (κ3) is 6.02. The van der Waals surface area contributed by atoms with Gasteiger partial charge in [-0.3, -0.25) is 4.99 Å². The van der Waals surface area contributed by atoms with Crippen LogP contribution in [0.1, 0.15) is 39.6 Å². The van der Waals surface area contributed by atoms with Crippen LogP contribution in [0, 0.1) is 34.6 Å². The van der Waals surface area contributed by atoms with Crippen LogP contribution in [-0.4, -0.2) is 24.5 Å². The number of aryl methyl sites for hydroxylation is 5. The molecular formula is C19H29IN4O. The summed E-state index contributed by atoms with van der Waals surface area (Å²) in [5, 5.41) is 6.58. The molecule has 138 valence electrons. The Labute approximate surface area is 167 Å². The molecular weight excluding hydrogens is 427 g/mol. The molecule has 1 aromatic heterocycles. The van der Waals surface area contributed by atoms with Crippen LogP contribution in [0.25, 0.3) is 0 Å². The highest BCUT2D eigenvalue weighted by molar-refractivity contribution is 14.0. The summed E-state index contributed by atoms with van der Waals surface area (Å²) in [7, 11) is 1.77. The van der Waals surface area contributed by atoms with Gasteiger partial charge in [0.15, 0.2) is 5.96 Å². The van der Waals surface area contributed by atoms with Crippen LogP contribution >= 0.6 is 24.0 Å². The first-order valence-corrected chi connectivity index (χ1v) is 8.35. The molecule has 2 rings (SSSR count). The number of oxazole rings is 1. The molecule has 5 nitrogen and oxygen atoms in total. The molecule has 0 saturated heterocycles. The van der Waals surface area contributed by atoms with E-state index >= 15 is 0 Å². The maximum absolute atomic E-state index is 5.57. The van der Waals surface area contributed by atoms with E-state index in [1.165, 1.54) is 22.3 Å². The molecule has 1 aromatic carbocycles. The Kier molecular flexibility index (Phi) is 8.41. The number of aliphatic imine (C=N–C) groups is 1. The molecule has 0 aliphatic carbocycles. The Hall–Kier alpha value is -1.57. The Bertz CT molecular complexity index is 695. The molecule has 0 bridgehead atoms. The molecule has 2 N–H and O–H groups in total. The maximum Gasteiger partial charge on any atom is 0.214 e. The number of aromatic nitrogens is 1. The van der Waals surface area contributed by atoms with Gasteiger partial charge in [-0.1, -0.05) is 17.7 Å². The minimum atomic E-state index is 0. The summed E-state index contributed by atoms with van der Waals surface area (Å²) in [6, 6.07) is 4.48. The van der Waals surface area contributed by atoms with Gasteiger partial charge in [0, 0.05) is 13.6 Å². The number of hydrogen-bond donors (Lipinski definition) is 2. The van der Waals surface area contributed by atoms with Gasteiger partial charge in [-0.05, 0) is 57.7 Å². The first kappa shape index (κ1) is 21.5. The fourth-order valence-electron chi connectivity index (χ4n) is 2.90. The van der Waals surface area contributed by atoms with Crippen molar-refractivity contribution in [2.75, 3.05) is 13.6 Å². The van der Waals surface area contributed by atoms with Crippen molar-refractivity contribution in [3.63, 3.8) is 0 Å². The number of nitrogens with one attached hydrogen (secondary N) is 2. The lowest BCUT2D eigenvalue weighted by Gasteiger charge is -2.14. The van der Waals surface area contributed by atoms with Gasteiger partial charge >= 0.3 is 0 Å². The van der Waals surface area contributed by atoms with E-state index in [1.807, 2.05) is 13.8 Å². The van der Waals surface area contributed by atoms with E-state index in [0.717, 1.165) is 30.4 Å². The minimum absolute atomic E-state index is 0. The predicted molar refractivity (Wildman–Crippen MR) is 114 cm³/mol. The molecule has 0 fully saturated rings. The van der Waals surface area contributed by atoms with Crippen LogP contribution in [0.15, 0.2) is 21.5 Å². The van der Waals surface area contributed by atoms with Gasteiger partial charge in [0.05, 0.1) is 12.2 Å². The van der Waals surface area contributed by atoms with Crippen LogP contribution in [0.4, 0.5) is 0 Å². The van der Waals surface area contributed by atoms with Crippen molar-refractivity contribution in [1.29, 1.82) is 0 Å². The Balaban J connectivity index is 0.00000312. The van der Waals surface area contributed by atoms with E-state index in [9.17, 15) is 0 Å². The maximum atomic E-state index is 5.57. The third-order valence-electron chi connectivity index (χ3n) is 4.21. The average molecular weight is 456 g/mol. The van der Waals surface area contributed by atoms with E-state index < -0.39 is 0 Å². The second-order valence-electron chi connectivity index (χ2n) is 6.23. The molecule has 0 aliphatic heterocycles. The summed E-state index contributed by atoms with van der Waals surface area (Å²) >= 11 is 0. The monoisotopic (exact) mass is 456 g/mol. The van der Waals surface area contributed by atoms with E-state index in [4.69, 9.17) is 4.42 Å². The van der Waals surface area contributed by atoms with Crippen LogP contribution < -0.4 is 10.6 Å². The standard InChI is InChI=1S/C19H28N4O.HI/c1-12-9-13(2)17(14(3)10-12)7-8-21-19(20-6)22-11-18-23-15(4)16(5)24-18;/h9-10H,7-8,11H2,1-6H3,(H2,20,21,22);1H. The number of benzene rings is 1. The molecule has 0 saturated carbocycles. The summed E-state index contributed by atoms with van der Waals surface area (Å²) in [6.45, 7) is 11.7. The van der Waals surface area contributed by atoms with Crippen molar-refractivity contribution in [3.8, 4) is 0 Å². The van der Waals surface area contributed by atoms with Crippen LogP contribution in [0.3, 0.4) is 0 Å². The molecule has 0 amide bonds. The molecule has 6 heteroatoms. The molecule has 1 heterocycles. The lowest BCUT2D eigenvalue weighted by molar-refractivity contribution is 0.464. The predicted octanol–water partition coefficient (Wildman–Crippen LogP) is 3.74. The highest BCUT2D eigenvalue weighted by Crippen LogP contribution is 2.16. The highest BCUT2D eigenvalue weighted by atomic mass is 127. The van der Waals surface area contributed by atoms with Gasteiger partial charge < -0.3 is 15.1 Å². The SMILES string of the molecule is CN=C(NCCc1c(C)cc(C)cc1C)NCc1nc(C)c(C)o1.I. The van der Waals surface area contributed by atoms with E-state index in [2.05, 4.69) is 53.5 Å². The Morgan fingerprint density at radius 3 is 2.24 bits per heavy atom. The Morgan fingerprint density at radius 1 is 1.08 bits per heavy atom. The number of hydrogen-bond acceptors (Lipinski definition) is 3. The second-order valence-corrected chi connectivity index (χ2v) is 6.23. The molecule has 0 atom stereocenters. The lowest BCUT2D eigenvalue weighted by Crippen LogP contribution is -2.38. The zero-order valence-electron chi connectivity index (χ0n) is 16.0. The van der Waals surface area contributed by atoms with Gasteiger partial charge in [-0.2, -0.15) is 0 Å². The molecule has 25 heavy (non-hydrogen) atoms. The summed E-state index contributed by atoms with van der Waals surface area (Å²) in [6.07, 6.45) is 0.968. The molecule has 2 aromatic rings. The molecule has 0 aliphatic rings. The first-order valence-electron chi connectivity index (χ1n) is 8.35. The van der Waals surface area contributed by atoms with Gasteiger partial charge in [0.2, 0.25) is 5.89 Å². The van der Waals surface area contributed by atoms with Gasteiger partial charge in [0.25, 0.3) is 0 Å². The lowest BCUT2D eigenvalue weighted by atomic mass is 9.97. The fraction of sp³-hybridized carbons (Fsp3) is 0.474. The summed E-state index contributed by atoms with van der Waals surface area (Å²) in [4.78, 5) is 8.61. The van der Waals surface area contributed by atoms with Crippen molar-refractivity contribution in [2.45, 2.75) is 47.6 Å². The van der Waals surface area contributed by atoms with Crippen molar-refractivity contribution in [3.05, 3.63) is 51.7 Å². The second kappa shape index (κ2) is 9.79. The minimum Gasteiger partial charge on any atom is -0.444 e. The number of nitrogens with zero attached hydrogens (tertiary/aromatic N) is 2. The largest absolute Gasteiger partial charge is 0.444 e. The smallest absolute Gasteiger partial charge is 0.214 e. The number of rotatable bonds is 5. The van der Waals surface area contributed by atoms with Gasteiger partial charge in [0.1, 0.15) is 5.76 Å². The van der Waals surface area contributed by atoms with Crippen molar-refractivity contribution < 1.29 is 4.42 Å². The summed E-state index contributed by atoms with van der Waals surface area (Å²) in [5.41, 5.74) is 6.35. The average Bonchev–Trinajstić information content (AvgIpc) is 2.83. The van der Waals surface area contributed by atoms with E-state index in [1.54, 1.807) is 7.05 Å². The zero-order valence-corrected chi connectivity index (χ0v) is 18.3. The quantitative estimate of drug-likeness (QED) is 0.409. The number of guanidine groups is 1. The van der Waals surface area contributed by atoms with Crippen molar-refractivity contribution in [2.24, 2.45) is 4.99 Å². The fourth-order valence-corrected chi connectivity index (χ4v) is 2.90. The number of halogens is 1.